The molecule has 0 amide bonds. The second-order valence-electron chi connectivity index (χ2n) is 6.93. The smallest absolute Gasteiger partial charge is 0.0812 e. The summed E-state index contributed by atoms with van der Waals surface area (Å²) in [6.07, 6.45) is 1.04. The Hall–Kier alpha value is -1.96. The van der Waals surface area contributed by atoms with Gasteiger partial charge in [-0.2, -0.15) is 0 Å². The molecule has 0 heterocycles. The largest absolute Gasteiger partial charge is 0.116 e. The molecule has 2 heteroatoms. The van der Waals surface area contributed by atoms with Crippen LogP contribution in [0.1, 0.15) is 11.1 Å². The van der Waals surface area contributed by atoms with Crippen LogP contribution in [0.2, 0.25) is 0 Å². The second-order valence-corrected chi connectivity index (χ2v) is 11.2. The minimum absolute atomic E-state index is 1.04. The lowest BCUT2D eigenvalue weighted by atomic mass is 10.2. The molecule has 0 saturated carbocycles. The molecule has 0 saturated heterocycles. The van der Waals surface area contributed by atoms with Gasteiger partial charge in [0.1, 0.15) is 23.2 Å². The molecule has 0 aromatic heterocycles. The van der Waals surface area contributed by atoms with Crippen LogP contribution in [-0.4, -0.2) is 0 Å². The number of benzene rings is 4. The van der Waals surface area contributed by atoms with Gasteiger partial charge in [-0.15, -0.1) is 0 Å². The first-order valence-electron chi connectivity index (χ1n) is 9.51. The van der Waals surface area contributed by atoms with Gasteiger partial charge in [-0.05, 0) is 47.5 Å². The van der Waals surface area contributed by atoms with E-state index >= 15 is 0 Å². The van der Waals surface area contributed by atoms with Crippen molar-refractivity contribution >= 4 is 45.8 Å². The number of hydrogen-bond donors (Lipinski definition) is 0. The number of rotatable bonds is 6. The molecule has 28 heavy (non-hydrogen) atoms. The maximum Gasteiger partial charge on any atom is 0.116 e. The van der Waals surface area contributed by atoms with E-state index in [4.69, 9.17) is 0 Å². The van der Waals surface area contributed by atoms with Crippen molar-refractivity contribution in [2.75, 3.05) is 0 Å². The van der Waals surface area contributed by atoms with E-state index in [0.717, 1.165) is 10.6 Å². The molecule has 0 unspecified atom stereocenters. The normalized spacial score (nSPS) is 11.3. The van der Waals surface area contributed by atoms with Gasteiger partial charge in [0, 0.05) is 4.43 Å². The Morgan fingerprint density at radius 1 is 0.500 bits per heavy atom. The van der Waals surface area contributed by atoms with Crippen molar-refractivity contribution in [3.8, 4) is 0 Å². The third-order valence-electron chi connectivity index (χ3n) is 5.16. The summed E-state index contributed by atoms with van der Waals surface area (Å²) in [7, 11) is -1.81. The van der Waals surface area contributed by atoms with Crippen LogP contribution in [0.3, 0.4) is 0 Å². The van der Waals surface area contributed by atoms with Crippen molar-refractivity contribution in [2.45, 2.75) is 10.6 Å². The highest BCUT2D eigenvalue weighted by molar-refractivity contribution is 14.1. The highest BCUT2D eigenvalue weighted by Gasteiger charge is 2.45. The Labute approximate surface area is 182 Å². The van der Waals surface area contributed by atoms with E-state index in [1.807, 2.05) is 0 Å². The zero-order valence-electron chi connectivity index (χ0n) is 15.7. The van der Waals surface area contributed by atoms with Crippen molar-refractivity contribution in [2.24, 2.45) is 0 Å². The van der Waals surface area contributed by atoms with Gasteiger partial charge in [0.25, 0.3) is 0 Å². The fraction of sp³-hybridized carbons (Fsp3) is 0.0769. The highest BCUT2D eigenvalue weighted by atomic mass is 127. The Kier molecular flexibility index (Phi) is 6.24. The zero-order valence-corrected chi connectivity index (χ0v) is 18.8. The highest BCUT2D eigenvalue weighted by Crippen LogP contribution is 2.58. The molecule has 0 bridgehead atoms. The maximum absolute atomic E-state index is 2.45. The third kappa shape index (κ3) is 3.92. The Morgan fingerprint density at radius 2 is 0.929 bits per heavy atom. The molecule has 0 fully saturated rings. The first-order chi connectivity index (χ1) is 13.8. The topological polar surface area (TPSA) is 0 Å². The third-order valence-corrected chi connectivity index (χ3v) is 10.4. The molecule has 0 aliphatic carbocycles. The summed E-state index contributed by atoms with van der Waals surface area (Å²) in [6, 6.07) is 42.4. The van der Waals surface area contributed by atoms with E-state index in [1.165, 1.54) is 27.0 Å². The van der Waals surface area contributed by atoms with Gasteiger partial charge in [0.15, 0.2) is 0 Å². The summed E-state index contributed by atoms with van der Waals surface area (Å²) >= 11 is 2.45. The minimum atomic E-state index is -1.81. The van der Waals surface area contributed by atoms with Gasteiger partial charge in [-0.25, -0.2) is 0 Å². The van der Waals surface area contributed by atoms with Crippen molar-refractivity contribution in [3.05, 3.63) is 126 Å². The van der Waals surface area contributed by atoms with E-state index in [0.29, 0.717) is 0 Å². The van der Waals surface area contributed by atoms with Crippen LogP contribution in [0, 0.1) is 0 Å². The summed E-state index contributed by atoms with van der Waals surface area (Å²) in [4.78, 5) is 0. The molecular formula is C26H23IP+. The lowest BCUT2D eigenvalue weighted by Gasteiger charge is -2.28. The molecule has 0 radical (unpaired) electrons. The van der Waals surface area contributed by atoms with Crippen molar-refractivity contribution in [1.82, 2.24) is 0 Å². The van der Waals surface area contributed by atoms with Crippen LogP contribution >= 0.6 is 29.9 Å². The summed E-state index contributed by atoms with van der Waals surface area (Å²) in [5.74, 6) is 0. The van der Waals surface area contributed by atoms with E-state index in [9.17, 15) is 0 Å². The molecule has 0 N–H and O–H groups in total. The van der Waals surface area contributed by atoms with Crippen molar-refractivity contribution in [3.63, 3.8) is 0 Å². The standard InChI is InChI=1S/C26H23IP/c27-20-22-11-10-12-23(19-22)21-28(24-13-4-1-5-14-24,25-15-6-2-7-16-25)26-17-8-3-9-18-26/h1-19H,20-21H2/q+1. The van der Waals surface area contributed by atoms with Crippen molar-refractivity contribution in [1.29, 1.82) is 0 Å². The average molecular weight is 493 g/mol. The van der Waals surface area contributed by atoms with Gasteiger partial charge in [-0.3, -0.25) is 0 Å². The van der Waals surface area contributed by atoms with Gasteiger partial charge in [0.05, 0.1) is 6.16 Å². The molecule has 0 nitrogen and oxygen atoms in total. The quantitative estimate of drug-likeness (QED) is 0.173. The lowest BCUT2D eigenvalue weighted by molar-refractivity contribution is 1.33. The maximum atomic E-state index is 2.45. The monoisotopic (exact) mass is 493 g/mol. The zero-order chi connectivity index (χ0) is 19.2. The van der Waals surface area contributed by atoms with Gasteiger partial charge in [0.2, 0.25) is 0 Å². The van der Waals surface area contributed by atoms with Gasteiger partial charge < -0.3 is 0 Å². The summed E-state index contributed by atoms with van der Waals surface area (Å²) in [5, 5.41) is 4.31. The minimum Gasteiger partial charge on any atom is -0.0812 e. The first-order valence-corrected chi connectivity index (χ1v) is 13.0. The van der Waals surface area contributed by atoms with E-state index in [2.05, 4.69) is 138 Å². The number of alkyl halides is 1. The van der Waals surface area contributed by atoms with Crippen LogP contribution in [0.15, 0.2) is 115 Å². The Morgan fingerprint density at radius 3 is 1.36 bits per heavy atom. The van der Waals surface area contributed by atoms with Crippen LogP contribution < -0.4 is 15.9 Å². The van der Waals surface area contributed by atoms with E-state index in [1.54, 1.807) is 0 Å². The predicted molar refractivity (Wildman–Crippen MR) is 133 cm³/mol. The second kappa shape index (κ2) is 9.03. The van der Waals surface area contributed by atoms with Crippen LogP contribution in [0.4, 0.5) is 0 Å². The average Bonchev–Trinajstić information content (AvgIpc) is 2.79. The molecule has 4 rings (SSSR count). The molecule has 0 atom stereocenters. The summed E-state index contributed by atoms with van der Waals surface area (Å²) in [5.41, 5.74) is 2.81. The molecule has 4 aromatic carbocycles. The Balaban J connectivity index is 1.98. The van der Waals surface area contributed by atoms with Crippen molar-refractivity contribution < 1.29 is 0 Å². The van der Waals surface area contributed by atoms with E-state index < -0.39 is 7.26 Å². The lowest BCUT2D eigenvalue weighted by Crippen LogP contribution is -2.32. The van der Waals surface area contributed by atoms with Crippen LogP contribution in [-0.2, 0) is 10.6 Å². The molecule has 0 aliphatic heterocycles. The fourth-order valence-electron chi connectivity index (χ4n) is 3.85. The summed E-state index contributed by atoms with van der Waals surface area (Å²) in [6.45, 7) is 0. The molecule has 0 aliphatic rings. The van der Waals surface area contributed by atoms with Crippen LogP contribution in [0.5, 0.6) is 0 Å². The fourth-order valence-corrected chi connectivity index (χ4v) is 8.56. The van der Waals surface area contributed by atoms with Gasteiger partial charge in [-0.1, -0.05) is 101 Å². The molecule has 0 spiro atoms. The predicted octanol–water partition coefficient (Wildman–Crippen LogP) is 6.12. The first kappa shape index (κ1) is 19.4. The Bertz CT molecular complexity index is 917. The molecular weight excluding hydrogens is 470 g/mol. The number of hydrogen-bond acceptors (Lipinski definition) is 0. The molecule has 138 valence electrons. The van der Waals surface area contributed by atoms with E-state index in [-0.39, 0.29) is 0 Å². The number of halogens is 1. The van der Waals surface area contributed by atoms with Gasteiger partial charge >= 0.3 is 0 Å². The SMILES string of the molecule is ICc1cccc(C[P+](c2ccccc2)(c2ccccc2)c2ccccc2)c1. The van der Waals surface area contributed by atoms with Crippen LogP contribution in [0.25, 0.3) is 0 Å². The molecule has 4 aromatic rings. The summed E-state index contributed by atoms with van der Waals surface area (Å²) < 4.78 is 1.04.